The molecule has 1 N–H and O–H groups in total. The lowest BCUT2D eigenvalue weighted by Crippen LogP contribution is -2.31. The Kier molecular flexibility index (Phi) is 5.57. The van der Waals surface area contributed by atoms with Crippen LogP contribution < -0.4 is 14.8 Å². The van der Waals surface area contributed by atoms with E-state index in [4.69, 9.17) is 14.7 Å². The minimum Gasteiger partial charge on any atom is -0.454 e. The molecule has 1 aliphatic heterocycles. The molecule has 3 rings (SSSR count). The highest BCUT2D eigenvalue weighted by Crippen LogP contribution is 2.32. The Hall–Kier alpha value is -3.53. The molecule has 0 atom stereocenters. The summed E-state index contributed by atoms with van der Waals surface area (Å²) >= 11 is 0. The molecular weight excluding hydrogens is 346 g/mol. The van der Waals surface area contributed by atoms with Gasteiger partial charge in [-0.15, -0.1) is 0 Å². The van der Waals surface area contributed by atoms with E-state index in [0.717, 1.165) is 5.56 Å². The van der Waals surface area contributed by atoms with E-state index in [1.807, 2.05) is 24.3 Å². The second-order valence-corrected chi connectivity index (χ2v) is 6.12. The molecule has 1 aliphatic rings. The Bertz CT molecular complexity index is 887. The van der Waals surface area contributed by atoms with Gasteiger partial charge in [0.15, 0.2) is 11.5 Å². The lowest BCUT2D eigenvalue weighted by Gasteiger charge is -2.21. The van der Waals surface area contributed by atoms with Crippen molar-refractivity contribution in [3.63, 3.8) is 0 Å². The number of nitrogens with zero attached hydrogens (tertiary/aromatic N) is 2. The van der Waals surface area contributed by atoms with Crippen LogP contribution in [0.25, 0.3) is 0 Å². The fourth-order valence-corrected chi connectivity index (χ4v) is 2.70. The number of rotatable bonds is 6. The topological polar surface area (TPSA) is 91.7 Å². The number of carbonyl (C=O) groups is 2. The van der Waals surface area contributed by atoms with Crippen LogP contribution in [0, 0.1) is 11.3 Å². The van der Waals surface area contributed by atoms with E-state index in [1.165, 1.54) is 6.92 Å². The molecule has 0 radical (unpaired) electrons. The fourth-order valence-electron chi connectivity index (χ4n) is 2.70. The smallest absolute Gasteiger partial charge is 0.231 e. The van der Waals surface area contributed by atoms with Crippen molar-refractivity contribution in [1.29, 1.82) is 5.26 Å². The van der Waals surface area contributed by atoms with E-state index in [-0.39, 0.29) is 25.0 Å². The number of anilines is 1. The standard InChI is InChI=1S/C20H19N3O4/c1-14(24)23(12-16-4-7-18-19(10-16)27-13-26-18)9-8-20(25)22-17-5-2-15(11-21)3-6-17/h2-7,10H,8-9,12-13H2,1H3,(H,22,25). The van der Waals surface area contributed by atoms with Gasteiger partial charge in [-0.2, -0.15) is 5.26 Å². The summed E-state index contributed by atoms with van der Waals surface area (Å²) in [7, 11) is 0. The van der Waals surface area contributed by atoms with Gasteiger partial charge in [-0.25, -0.2) is 0 Å². The van der Waals surface area contributed by atoms with E-state index in [1.54, 1.807) is 29.2 Å². The summed E-state index contributed by atoms with van der Waals surface area (Å²) < 4.78 is 10.6. The molecule has 1 heterocycles. The van der Waals surface area contributed by atoms with Crippen molar-refractivity contribution in [3.05, 3.63) is 53.6 Å². The van der Waals surface area contributed by atoms with E-state index in [0.29, 0.717) is 35.8 Å². The monoisotopic (exact) mass is 365 g/mol. The van der Waals surface area contributed by atoms with Crippen LogP contribution in [0.4, 0.5) is 5.69 Å². The number of ether oxygens (including phenoxy) is 2. The molecule has 2 aromatic carbocycles. The highest BCUT2D eigenvalue weighted by molar-refractivity contribution is 5.91. The van der Waals surface area contributed by atoms with Crippen molar-refractivity contribution in [2.75, 3.05) is 18.7 Å². The van der Waals surface area contributed by atoms with Crippen molar-refractivity contribution in [1.82, 2.24) is 4.90 Å². The zero-order chi connectivity index (χ0) is 19.2. The molecule has 7 nitrogen and oxygen atoms in total. The summed E-state index contributed by atoms with van der Waals surface area (Å²) in [6.07, 6.45) is 0.171. The first-order valence-electron chi connectivity index (χ1n) is 8.49. The van der Waals surface area contributed by atoms with Gasteiger partial charge < -0.3 is 19.7 Å². The zero-order valence-electron chi connectivity index (χ0n) is 14.9. The maximum atomic E-state index is 12.1. The van der Waals surface area contributed by atoms with Crippen LogP contribution in [0.1, 0.15) is 24.5 Å². The highest BCUT2D eigenvalue weighted by atomic mass is 16.7. The number of hydrogen-bond donors (Lipinski definition) is 1. The van der Waals surface area contributed by atoms with Gasteiger partial charge in [0.05, 0.1) is 11.6 Å². The second-order valence-electron chi connectivity index (χ2n) is 6.12. The number of hydrogen-bond acceptors (Lipinski definition) is 5. The number of carbonyl (C=O) groups excluding carboxylic acids is 2. The molecule has 0 aliphatic carbocycles. The first-order chi connectivity index (χ1) is 13.0. The molecule has 0 unspecified atom stereocenters. The molecule has 0 spiro atoms. The molecule has 2 amide bonds. The summed E-state index contributed by atoms with van der Waals surface area (Å²) in [6.45, 7) is 2.36. The summed E-state index contributed by atoms with van der Waals surface area (Å²) in [6, 6.07) is 14.2. The number of nitriles is 1. The Morgan fingerprint density at radius 2 is 1.89 bits per heavy atom. The average molecular weight is 365 g/mol. The minimum absolute atomic E-state index is 0.112. The molecule has 138 valence electrons. The van der Waals surface area contributed by atoms with Crippen LogP contribution in [0.15, 0.2) is 42.5 Å². The van der Waals surface area contributed by atoms with Crippen LogP contribution >= 0.6 is 0 Å². The molecule has 2 aromatic rings. The van der Waals surface area contributed by atoms with Gasteiger partial charge in [0.25, 0.3) is 0 Å². The summed E-state index contributed by atoms with van der Waals surface area (Å²) in [5.74, 6) is 1.04. The van der Waals surface area contributed by atoms with Crippen LogP contribution in [-0.4, -0.2) is 30.1 Å². The van der Waals surface area contributed by atoms with Crippen molar-refractivity contribution in [3.8, 4) is 17.6 Å². The Morgan fingerprint density at radius 3 is 2.59 bits per heavy atom. The predicted octanol–water partition coefficient (Wildman–Crippen LogP) is 2.66. The third kappa shape index (κ3) is 4.76. The summed E-state index contributed by atoms with van der Waals surface area (Å²) in [5.41, 5.74) is 2.05. The van der Waals surface area contributed by atoms with Gasteiger partial charge in [0.2, 0.25) is 18.6 Å². The van der Waals surface area contributed by atoms with Crippen molar-refractivity contribution in [2.45, 2.75) is 19.9 Å². The minimum atomic E-state index is -0.198. The average Bonchev–Trinajstić information content (AvgIpc) is 3.13. The maximum Gasteiger partial charge on any atom is 0.231 e. The summed E-state index contributed by atoms with van der Waals surface area (Å²) in [5, 5.41) is 11.6. The Labute approximate surface area is 157 Å². The van der Waals surface area contributed by atoms with Gasteiger partial charge in [-0.3, -0.25) is 9.59 Å². The first kappa shape index (κ1) is 18.3. The molecule has 0 bridgehead atoms. The second kappa shape index (κ2) is 8.23. The third-order valence-electron chi connectivity index (χ3n) is 4.16. The van der Waals surface area contributed by atoms with Gasteiger partial charge in [0.1, 0.15) is 0 Å². The number of fused-ring (bicyclic) bond motifs is 1. The van der Waals surface area contributed by atoms with Crippen molar-refractivity contribution < 1.29 is 19.1 Å². The van der Waals surface area contributed by atoms with E-state index in [2.05, 4.69) is 5.32 Å². The molecule has 0 fully saturated rings. The highest BCUT2D eigenvalue weighted by Gasteiger charge is 2.16. The van der Waals surface area contributed by atoms with E-state index in [9.17, 15) is 9.59 Å². The molecule has 27 heavy (non-hydrogen) atoms. The number of benzene rings is 2. The number of amides is 2. The molecular formula is C20H19N3O4. The Balaban J connectivity index is 1.55. The van der Waals surface area contributed by atoms with Crippen LogP contribution in [0.2, 0.25) is 0 Å². The van der Waals surface area contributed by atoms with E-state index >= 15 is 0 Å². The quantitative estimate of drug-likeness (QED) is 0.850. The van der Waals surface area contributed by atoms with Gasteiger partial charge in [-0.05, 0) is 42.0 Å². The molecule has 0 aromatic heterocycles. The van der Waals surface area contributed by atoms with Crippen molar-refractivity contribution >= 4 is 17.5 Å². The van der Waals surface area contributed by atoms with Gasteiger partial charge >= 0.3 is 0 Å². The lowest BCUT2D eigenvalue weighted by atomic mass is 10.2. The third-order valence-corrected chi connectivity index (χ3v) is 4.16. The molecule has 7 heteroatoms. The van der Waals surface area contributed by atoms with Crippen LogP contribution in [0.3, 0.4) is 0 Å². The SMILES string of the molecule is CC(=O)N(CCC(=O)Nc1ccc(C#N)cc1)Cc1ccc2c(c1)OCO2. The maximum absolute atomic E-state index is 12.1. The van der Waals surface area contributed by atoms with Gasteiger partial charge in [-0.1, -0.05) is 6.07 Å². The van der Waals surface area contributed by atoms with Crippen LogP contribution in [0.5, 0.6) is 11.5 Å². The first-order valence-corrected chi connectivity index (χ1v) is 8.49. The largest absolute Gasteiger partial charge is 0.454 e. The van der Waals surface area contributed by atoms with E-state index < -0.39 is 0 Å². The summed E-state index contributed by atoms with van der Waals surface area (Å²) in [4.78, 5) is 25.7. The Morgan fingerprint density at radius 1 is 1.15 bits per heavy atom. The van der Waals surface area contributed by atoms with Gasteiger partial charge in [0, 0.05) is 32.1 Å². The zero-order valence-corrected chi connectivity index (χ0v) is 14.9. The number of nitrogens with one attached hydrogen (secondary N) is 1. The fraction of sp³-hybridized carbons (Fsp3) is 0.250. The molecule has 0 saturated heterocycles. The molecule has 0 saturated carbocycles. The predicted molar refractivity (Wildman–Crippen MR) is 98.1 cm³/mol. The normalized spacial score (nSPS) is 11.6. The lowest BCUT2D eigenvalue weighted by molar-refractivity contribution is -0.129. The van der Waals surface area contributed by atoms with Crippen LogP contribution in [-0.2, 0) is 16.1 Å². The van der Waals surface area contributed by atoms with Crippen molar-refractivity contribution in [2.24, 2.45) is 0 Å².